The molecule has 26 heavy (non-hydrogen) atoms. The summed E-state index contributed by atoms with van der Waals surface area (Å²) in [6, 6.07) is 11.3. The summed E-state index contributed by atoms with van der Waals surface area (Å²) in [6.45, 7) is 1.50. The Morgan fingerprint density at radius 1 is 1.27 bits per heavy atom. The molecule has 2 atom stereocenters. The monoisotopic (exact) mass is 355 g/mol. The maximum absolute atomic E-state index is 12.5. The second-order valence-corrected chi connectivity index (χ2v) is 6.57. The largest absolute Gasteiger partial charge is 0.497 e. The van der Waals surface area contributed by atoms with E-state index in [9.17, 15) is 9.59 Å². The Labute approximate surface area is 151 Å². The van der Waals surface area contributed by atoms with Crippen LogP contribution < -0.4 is 4.74 Å². The van der Waals surface area contributed by atoms with E-state index in [1.807, 2.05) is 24.3 Å². The fraction of sp³-hybridized carbons (Fsp3) is 0.368. The number of methoxy groups -OCH3 is 1. The highest BCUT2D eigenvalue weighted by molar-refractivity contribution is 5.93. The molecule has 7 nitrogen and oxygen atoms in total. The van der Waals surface area contributed by atoms with Crippen LogP contribution in [-0.2, 0) is 11.2 Å². The number of aromatic amines is 1. The number of amides is 2. The Hall–Kier alpha value is -2.96. The molecule has 1 aromatic heterocycles. The highest BCUT2D eigenvalue weighted by Crippen LogP contribution is 2.28. The molecule has 2 aliphatic heterocycles. The van der Waals surface area contributed by atoms with Crippen molar-refractivity contribution in [1.82, 2.24) is 14.8 Å². The van der Waals surface area contributed by atoms with Crippen molar-refractivity contribution in [2.45, 2.75) is 18.6 Å². The highest BCUT2D eigenvalue weighted by atomic mass is 16.6. The average Bonchev–Trinajstić information content (AvgIpc) is 3.37. The van der Waals surface area contributed by atoms with Crippen molar-refractivity contribution in [3.05, 3.63) is 53.9 Å². The number of fused-ring (bicyclic) bond motifs is 1. The summed E-state index contributed by atoms with van der Waals surface area (Å²) in [5, 5.41) is 0. The van der Waals surface area contributed by atoms with Gasteiger partial charge in [-0.3, -0.25) is 9.69 Å². The van der Waals surface area contributed by atoms with Crippen molar-refractivity contribution in [1.29, 1.82) is 0 Å². The van der Waals surface area contributed by atoms with Crippen molar-refractivity contribution in [2.24, 2.45) is 0 Å². The number of aromatic nitrogens is 1. The fourth-order valence-corrected chi connectivity index (χ4v) is 3.60. The average molecular weight is 355 g/mol. The third-order valence-electron chi connectivity index (χ3n) is 5.04. The Morgan fingerprint density at radius 3 is 2.77 bits per heavy atom. The first kappa shape index (κ1) is 16.5. The summed E-state index contributed by atoms with van der Waals surface area (Å²) in [7, 11) is 1.63. The lowest BCUT2D eigenvalue weighted by molar-refractivity contribution is 0.0723. The van der Waals surface area contributed by atoms with Crippen molar-refractivity contribution in [3.63, 3.8) is 0 Å². The van der Waals surface area contributed by atoms with Gasteiger partial charge in [0, 0.05) is 19.3 Å². The summed E-state index contributed by atoms with van der Waals surface area (Å²) in [5.41, 5.74) is 1.68. The zero-order chi connectivity index (χ0) is 18.1. The number of hydrogen-bond acceptors (Lipinski definition) is 4. The number of hydrogen-bond donors (Lipinski definition) is 1. The van der Waals surface area contributed by atoms with Crippen molar-refractivity contribution >= 4 is 12.0 Å². The van der Waals surface area contributed by atoms with E-state index < -0.39 is 0 Å². The van der Waals surface area contributed by atoms with Gasteiger partial charge >= 0.3 is 6.09 Å². The topological polar surface area (TPSA) is 74.9 Å². The van der Waals surface area contributed by atoms with Crippen LogP contribution in [0, 0.1) is 0 Å². The van der Waals surface area contributed by atoms with E-state index in [1.54, 1.807) is 35.2 Å². The molecule has 0 saturated carbocycles. The standard InChI is InChI=1S/C19H21N3O4/c1-25-14-6-4-13(5-7-14)8-10-22-16-11-21(12-17(16)26-19(22)24)18(23)15-3-2-9-20-15/h2-7,9,16-17,20H,8,10-12H2,1H3/t16-,17+/m0/s1. The zero-order valence-corrected chi connectivity index (χ0v) is 14.6. The molecule has 2 aliphatic rings. The van der Waals surface area contributed by atoms with Crippen LogP contribution in [0.2, 0.25) is 0 Å². The number of nitrogens with one attached hydrogen (secondary N) is 1. The Bertz CT molecular complexity index is 788. The molecule has 3 heterocycles. The normalized spacial score (nSPS) is 21.7. The second kappa shape index (κ2) is 6.74. The number of rotatable bonds is 5. The van der Waals surface area contributed by atoms with Crippen molar-refractivity contribution in [3.8, 4) is 5.75 Å². The Morgan fingerprint density at radius 2 is 2.08 bits per heavy atom. The highest BCUT2D eigenvalue weighted by Gasteiger charge is 2.48. The smallest absolute Gasteiger partial charge is 0.410 e. The second-order valence-electron chi connectivity index (χ2n) is 6.57. The molecule has 2 fully saturated rings. The molecule has 7 heteroatoms. The molecular weight excluding hydrogens is 334 g/mol. The molecule has 0 spiro atoms. The van der Waals surface area contributed by atoms with Gasteiger partial charge < -0.3 is 19.4 Å². The molecule has 0 aliphatic carbocycles. The number of benzene rings is 1. The number of likely N-dealkylation sites (tertiary alicyclic amines) is 1. The summed E-state index contributed by atoms with van der Waals surface area (Å²) in [6.07, 6.45) is 1.91. The third kappa shape index (κ3) is 3.00. The van der Waals surface area contributed by atoms with Crippen LogP contribution in [0.5, 0.6) is 5.75 Å². The van der Waals surface area contributed by atoms with E-state index in [-0.39, 0.29) is 24.1 Å². The quantitative estimate of drug-likeness (QED) is 0.889. The van der Waals surface area contributed by atoms with Gasteiger partial charge in [0.25, 0.3) is 5.91 Å². The lowest BCUT2D eigenvalue weighted by Crippen LogP contribution is -2.40. The first-order valence-electron chi connectivity index (χ1n) is 8.68. The molecule has 4 rings (SSSR count). The van der Waals surface area contributed by atoms with Gasteiger partial charge in [0.15, 0.2) is 0 Å². The lowest BCUT2D eigenvalue weighted by atomic mass is 10.1. The van der Waals surface area contributed by atoms with E-state index in [0.29, 0.717) is 25.3 Å². The van der Waals surface area contributed by atoms with Crippen LogP contribution in [0.1, 0.15) is 16.1 Å². The van der Waals surface area contributed by atoms with Gasteiger partial charge in [-0.15, -0.1) is 0 Å². The van der Waals surface area contributed by atoms with Crippen molar-refractivity contribution in [2.75, 3.05) is 26.7 Å². The lowest BCUT2D eigenvalue weighted by Gasteiger charge is -2.22. The van der Waals surface area contributed by atoms with E-state index >= 15 is 0 Å². The van der Waals surface area contributed by atoms with E-state index in [4.69, 9.17) is 9.47 Å². The van der Waals surface area contributed by atoms with Crippen LogP contribution in [0.25, 0.3) is 0 Å². The van der Waals surface area contributed by atoms with Crippen LogP contribution in [-0.4, -0.2) is 65.7 Å². The summed E-state index contributed by atoms with van der Waals surface area (Å²) < 4.78 is 10.6. The Balaban J connectivity index is 1.39. The summed E-state index contributed by atoms with van der Waals surface area (Å²) >= 11 is 0. The number of nitrogens with zero attached hydrogens (tertiary/aromatic N) is 2. The Kier molecular flexibility index (Phi) is 4.28. The van der Waals surface area contributed by atoms with Crippen LogP contribution in [0.4, 0.5) is 4.79 Å². The molecule has 0 unspecified atom stereocenters. The maximum atomic E-state index is 12.5. The number of carbonyl (C=O) groups is 2. The minimum absolute atomic E-state index is 0.0597. The molecule has 0 bridgehead atoms. The van der Waals surface area contributed by atoms with Gasteiger partial charge in [0.2, 0.25) is 0 Å². The SMILES string of the molecule is COc1ccc(CCN2C(=O)O[C@@H]3CN(C(=O)c4ccc[nH]4)C[C@@H]32)cc1. The van der Waals surface area contributed by atoms with Crippen LogP contribution >= 0.6 is 0 Å². The van der Waals surface area contributed by atoms with E-state index in [2.05, 4.69) is 4.98 Å². The van der Waals surface area contributed by atoms with Gasteiger partial charge in [-0.2, -0.15) is 0 Å². The van der Waals surface area contributed by atoms with Crippen LogP contribution in [0.3, 0.4) is 0 Å². The molecule has 2 saturated heterocycles. The van der Waals surface area contributed by atoms with Gasteiger partial charge in [-0.05, 0) is 36.2 Å². The first-order valence-corrected chi connectivity index (χ1v) is 8.68. The number of carbonyl (C=O) groups excluding carboxylic acids is 2. The summed E-state index contributed by atoms with van der Waals surface area (Å²) in [5.74, 6) is 0.749. The third-order valence-corrected chi connectivity index (χ3v) is 5.04. The predicted octanol–water partition coefficient (Wildman–Crippen LogP) is 1.91. The maximum Gasteiger partial charge on any atom is 0.410 e. The number of H-pyrrole nitrogens is 1. The minimum atomic E-state index is -0.291. The molecule has 136 valence electrons. The molecule has 1 N–H and O–H groups in total. The molecule has 0 radical (unpaired) electrons. The van der Waals surface area contributed by atoms with E-state index in [1.165, 1.54) is 0 Å². The van der Waals surface area contributed by atoms with Gasteiger partial charge in [0.1, 0.15) is 17.5 Å². The van der Waals surface area contributed by atoms with E-state index in [0.717, 1.165) is 17.7 Å². The first-order chi connectivity index (χ1) is 12.7. The number of ether oxygens (including phenoxy) is 2. The zero-order valence-electron chi connectivity index (χ0n) is 14.6. The van der Waals surface area contributed by atoms with Gasteiger partial charge in [-0.1, -0.05) is 12.1 Å². The molecular formula is C19H21N3O4. The summed E-state index contributed by atoms with van der Waals surface area (Å²) in [4.78, 5) is 31.1. The predicted molar refractivity (Wildman–Crippen MR) is 94.2 cm³/mol. The van der Waals surface area contributed by atoms with Crippen LogP contribution in [0.15, 0.2) is 42.6 Å². The molecule has 1 aromatic carbocycles. The van der Waals surface area contributed by atoms with Gasteiger partial charge in [-0.25, -0.2) is 4.79 Å². The fourth-order valence-electron chi connectivity index (χ4n) is 3.60. The molecule has 2 aromatic rings. The van der Waals surface area contributed by atoms with Gasteiger partial charge in [0.05, 0.1) is 19.7 Å². The van der Waals surface area contributed by atoms with Crippen molar-refractivity contribution < 1.29 is 19.1 Å². The molecule has 2 amide bonds. The minimum Gasteiger partial charge on any atom is -0.497 e.